The predicted molar refractivity (Wildman–Crippen MR) is 124 cm³/mol. The Hall–Kier alpha value is -3.59. The van der Waals surface area contributed by atoms with E-state index in [1.807, 2.05) is 24.3 Å². The number of morpholine rings is 1. The van der Waals surface area contributed by atoms with Gasteiger partial charge in [-0.2, -0.15) is 0 Å². The van der Waals surface area contributed by atoms with Crippen LogP contribution in [0.2, 0.25) is 0 Å². The van der Waals surface area contributed by atoms with Crippen molar-refractivity contribution >= 4 is 28.8 Å². The number of pyridine rings is 1. The van der Waals surface area contributed by atoms with Gasteiger partial charge in [0.15, 0.2) is 11.6 Å². The van der Waals surface area contributed by atoms with Crippen molar-refractivity contribution in [3.63, 3.8) is 0 Å². The number of urea groups is 1. The van der Waals surface area contributed by atoms with Crippen molar-refractivity contribution in [3.05, 3.63) is 42.7 Å². The van der Waals surface area contributed by atoms with Crippen LogP contribution in [0.1, 0.15) is 25.7 Å². The SMILES string of the molecule is O=C(Nc1nccc(-c2ccc3c(ccn3C(=O)NC3CCCC3)c2)c1O)N1CCOCC1. The van der Waals surface area contributed by atoms with E-state index in [0.717, 1.165) is 42.1 Å². The third-order valence-corrected chi connectivity index (χ3v) is 6.35. The minimum atomic E-state index is -0.320. The highest BCUT2D eigenvalue weighted by molar-refractivity contribution is 5.95. The second-order valence-electron chi connectivity index (χ2n) is 8.48. The average molecular weight is 450 g/mol. The zero-order valence-electron chi connectivity index (χ0n) is 18.3. The molecule has 0 bridgehead atoms. The average Bonchev–Trinajstić information content (AvgIpc) is 3.50. The van der Waals surface area contributed by atoms with Crippen LogP contribution in [0, 0.1) is 0 Å². The first kappa shape index (κ1) is 21.3. The number of hydrogen-bond acceptors (Lipinski definition) is 5. The molecule has 3 N–H and O–H groups in total. The minimum Gasteiger partial charge on any atom is -0.504 e. The molecule has 2 fully saturated rings. The smallest absolute Gasteiger partial charge is 0.326 e. The molecule has 0 spiro atoms. The largest absolute Gasteiger partial charge is 0.504 e. The van der Waals surface area contributed by atoms with Crippen LogP contribution in [0.25, 0.3) is 22.0 Å². The molecule has 1 aromatic carbocycles. The third kappa shape index (κ3) is 4.36. The second-order valence-corrected chi connectivity index (χ2v) is 8.48. The fourth-order valence-corrected chi connectivity index (χ4v) is 4.53. The number of ether oxygens (including phenoxy) is 1. The lowest BCUT2D eigenvalue weighted by Gasteiger charge is -2.26. The molecule has 0 atom stereocenters. The molecule has 0 radical (unpaired) electrons. The fourth-order valence-electron chi connectivity index (χ4n) is 4.53. The summed E-state index contributed by atoms with van der Waals surface area (Å²) < 4.78 is 6.89. The number of aromatic nitrogens is 2. The van der Waals surface area contributed by atoms with Gasteiger partial charge in [-0.25, -0.2) is 14.6 Å². The van der Waals surface area contributed by atoms with E-state index < -0.39 is 0 Å². The molecule has 2 aromatic heterocycles. The molecule has 3 amide bonds. The van der Waals surface area contributed by atoms with Crippen LogP contribution in [0.5, 0.6) is 5.75 Å². The Labute approximate surface area is 191 Å². The number of nitrogens with one attached hydrogen (secondary N) is 2. The summed E-state index contributed by atoms with van der Waals surface area (Å²) in [6.07, 6.45) is 7.69. The van der Waals surface area contributed by atoms with Gasteiger partial charge in [0.25, 0.3) is 0 Å². The van der Waals surface area contributed by atoms with Crippen LogP contribution in [0.4, 0.5) is 15.4 Å². The Balaban J connectivity index is 1.37. The van der Waals surface area contributed by atoms with E-state index in [1.165, 1.54) is 0 Å². The van der Waals surface area contributed by atoms with Crippen molar-refractivity contribution in [2.24, 2.45) is 0 Å². The number of carbonyl (C=O) groups is 2. The van der Waals surface area contributed by atoms with Crippen LogP contribution in [0.3, 0.4) is 0 Å². The van der Waals surface area contributed by atoms with Crippen LogP contribution in [0.15, 0.2) is 42.7 Å². The Bertz CT molecular complexity index is 1180. The van der Waals surface area contributed by atoms with Crippen molar-refractivity contribution in [2.45, 2.75) is 31.7 Å². The number of amides is 3. The summed E-state index contributed by atoms with van der Waals surface area (Å²) in [6.45, 7) is 1.97. The molecule has 3 aromatic rings. The highest BCUT2D eigenvalue weighted by Gasteiger charge is 2.21. The van der Waals surface area contributed by atoms with Crippen molar-refractivity contribution in [2.75, 3.05) is 31.6 Å². The van der Waals surface area contributed by atoms with Crippen molar-refractivity contribution in [1.29, 1.82) is 0 Å². The first-order valence-electron chi connectivity index (χ1n) is 11.3. The molecule has 9 heteroatoms. The molecular weight excluding hydrogens is 422 g/mol. The van der Waals surface area contributed by atoms with Crippen molar-refractivity contribution in [1.82, 2.24) is 19.8 Å². The van der Waals surface area contributed by atoms with Crippen LogP contribution in [-0.2, 0) is 4.74 Å². The molecule has 1 aliphatic heterocycles. The molecule has 0 unspecified atom stereocenters. The number of rotatable bonds is 3. The maximum atomic E-state index is 12.7. The monoisotopic (exact) mass is 449 g/mol. The lowest BCUT2D eigenvalue weighted by atomic mass is 10.0. The normalized spacial score (nSPS) is 16.8. The molecule has 2 aliphatic rings. The number of anilines is 1. The number of benzene rings is 1. The predicted octanol–water partition coefficient (Wildman–Crippen LogP) is 3.77. The van der Waals surface area contributed by atoms with Gasteiger partial charge in [-0.05, 0) is 42.7 Å². The zero-order chi connectivity index (χ0) is 22.8. The third-order valence-electron chi connectivity index (χ3n) is 6.35. The summed E-state index contributed by atoms with van der Waals surface area (Å²) in [4.78, 5) is 31.0. The zero-order valence-corrected chi connectivity index (χ0v) is 18.3. The summed E-state index contributed by atoms with van der Waals surface area (Å²) in [7, 11) is 0. The van der Waals surface area contributed by atoms with Gasteiger partial charge in [0.1, 0.15) is 0 Å². The van der Waals surface area contributed by atoms with Gasteiger partial charge in [0, 0.05) is 42.5 Å². The number of hydrogen-bond donors (Lipinski definition) is 3. The van der Waals surface area contributed by atoms with E-state index in [2.05, 4.69) is 15.6 Å². The molecule has 1 aliphatic carbocycles. The van der Waals surface area contributed by atoms with Crippen molar-refractivity contribution < 1.29 is 19.4 Å². The summed E-state index contributed by atoms with van der Waals surface area (Å²) >= 11 is 0. The molecule has 1 saturated heterocycles. The minimum absolute atomic E-state index is 0.100. The molecule has 9 nitrogen and oxygen atoms in total. The highest BCUT2D eigenvalue weighted by atomic mass is 16.5. The maximum absolute atomic E-state index is 12.7. The van der Waals surface area contributed by atoms with E-state index >= 15 is 0 Å². The second kappa shape index (κ2) is 9.11. The molecular formula is C24H27N5O4. The Morgan fingerprint density at radius 3 is 2.64 bits per heavy atom. The Morgan fingerprint density at radius 2 is 1.85 bits per heavy atom. The van der Waals surface area contributed by atoms with Crippen molar-refractivity contribution in [3.8, 4) is 16.9 Å². The fraction of sp³-hybridized carbons (Fsp3) is 0.375. The van der Waals surface area contributed by atoms with E-state index in [-0.39, 0.29) is 29.7 Å². The summed E-state index contributed by atoms with van der Waals surface area (Å²) in [5.74, 6) is 0.00877. The quantitative estimate of drug-likeness (QED) is 0.564. The summed E-state index contributed by atoms with van der Waals surface area (Å²) in [6, 6.07) is 9.02. The van der Waals surface area contributed by atoms with E-state index in [4.69, 9.17) is 4.74 Å². The van der Waals surface area contributed by atoms with Crippen LogP contribution < -0.4 is 10.6 Å². The lowest BCUT2D eigenvalue weighted by molar-refractivity contribution is 0.0564. The van der Waals surface area contributed by atoms with Crippen LogP contribution in [-0.4, -0.2) is 64.0 Å². The van der Waals surface area contributed by atoms with E-state index in [1.54, 1.807) is 27.9 Å². The topological polar surface area (TPSA) is 109 Å². The Morgan fingerprint density at radius 1 is 1.06 bits per heavy atom. The van der Waals surface area contributed by atoms with Gasteiger partial charge in [0.05, 0.1) is 18.7 Å². The Kier molecular flexibility index (Phi) is 5.87. The standard InChI is InChI=1S/C24H27N5O4/c30-21-19(7-9-25-22(21)27-23(31)28-11-13-33-14-12-28)16-5-6-20-17(15-16)8-10-29(20)24(32)26-18-3-1-2-4-18/h5-10,15,18,30H,1-4,11-14H2,(H,26,32)(H,25,27,31). The highest BCUT2D eigenvalue weighted by Crippen LogP contribution is 2.35. The van der Waals surface area contributed by atoms with Gasteiger partial charge in [-0.15, -0.1) is 0 Å². The van der Waals surface area contributed by atoms with Gasteiger partial charge in [-0.3, -0.25) is 9.88 Å². The molecule has 33 heavy (non-hydrogen) atoms. The molecule has 1 saturated carbocycles. The molecule has 172 valence electrons. The summed E-state index contributed by atoms with van der Waals surface area (Å²) in [5, 5.41) is 17.5. The number of carbonyl (C=O) groups excluding carboxylic acids is 2. The molecule has 3 heterocycles. The lowest BCUT2D eigenvalue weighted by Crippen LogP contribution is -2.43. The van der Waals surface area contributed by atoms with Gasteiger partial charge in [-0.1, -0.05) is 18.9 Å². The first-order valence-corrected chi connectivity index (χ1v) is 11.3. The van der Waals surface area contributed by atoms with E-state index in [9.17, 15) is 14.7 Å². The number of nitrogens with zero attached hydrogens (tertiary/aromatic N) is 3. The first-order chi connectivity index (χ1) is 16.1. The van der Waals surface area contributed by atoms with E-state index in [0.29, 0.717) is 31.9 Å². The van der Waals surface area contributed by atoms with Gasteiger partial charge < -0.3 is 20.1 Å². The molecule has 5 rings (SSSR count). The van der Waals surface area contributed by atoms with Gasteiger partial charge in [0.2, 0.25) is 0 Å². The van der Waals surface area contributed by atoms with Crippen LogP contribution >= 0.6 is 0 Å². The van der Waals surface area contributed by atoms with Gasteiger partial charge >= 0.3 is 12.1 Å². The number of fused-ring (bicyclic) bond motifs is 1. The maximum Gasteiger partial charge on any atom is 0.326 e. The number of aromatic hydroxyl groups is 1. The summed E-state index contributed by atoms with van der Waals surface area (Å²) in [5.41, 5.74) is 2.11.